The maximum absolute atomic E-state index is 13.2. The van der Waals surface area contributed by atoms with Crippen molar-refractivity contribution in [2.75, 3.05) is 34.2 Å². The Morgan fingerprint density at radius 3 is 2.22 bits per heavy atom. The smallest absolute Gasteiger partial charge is 0.343 e. The number of benzene rings is 2. The molecule has 0 bridgehead atoms. The van der Waals surface area contributed by atoms with E-state index in [1.807, 2.05) is 6.92 Å². The molecule has 14 nitrogen and oxygen atoms in total. The zero-order valence-corrected chi connectivity index (χ0v) is 30.2. The van der Waals surface area contributed by atoms with Crippen LogP contribution in [-0.2, 0) is 28.6 Å². The van der Waals surface area contributed by atoms with E-state index in [1.165, 1.54) is 55.3 Å². The molecule has 3 rings (SSSR count). The molecule has 1 atom stereocenters. The monoisotopic (exact) mass is 707 g/mol. The van der Waals surface area contributed by atoms with Gasteiger partial charge in [-0.2, -0.15) is 9.78 Å². The summed E-state index contributed by atoms with van der Waals surface area (Å²) in [5, 5.41) is 6.78. The zero-order chi connectivity index (χ0) is 37.8. The first-order valence-corrected chi connectivity index (χ1v) is 16.2. The van der Waals surface area contributed by atoms with Crippen LogP contribution in [0.2, 0.25) is 0 Å². The average Bonchev–Trinajstić information content (AvgIpc) is 3.46. The van der Waals surface area contributed by atoms with Crippen molar-refractivity contribution in [3.63, 3.8) is 0 Å². The first kappa shape index (κ1) is 39.8. The van der Waals surface area contributed by atoms with E-state index in [0.717, 1.165) is 0 Å². The summed E-state index contributed by atoms with van der Waals surface area (Å²) in [6.07, 6.45) is 3.32. The lowest BCUT2D eigenvalue weighted by molar-refractivity contribution is -0.167. The van der Waals surface area contributed by atoms with E-state index in [-0.39, 0.29) is 36.6 Å². The standard InChI is InChI=1S/C37H45N3O11/c1-9-37(6,22-36(4,5)33(43)48-19-18-38-35(45)40-25(3)20-24(2)39-40)34(44)50-23-49-28-14-12-27(13-15-28)32(42)51-29-16-10-26(21-30(29)46-7)11-17-31(41)47-8/h10-17,20-21H,9,18-19,22-23H2,1-8H3,(H,38,45)/b17-11+. The molecule has 0 fully saturated rings. The van der Waals surface area contributed by atoms with Crippen LogP contribution in [0.1, 0.15) is 67.8 Å². The van der Waals surface area contributed by atoms with E-state index in [2.05, 4.69) is 15.2 Å². The minimum absolute atomic E-state index is 0.0518. The SMILES string of the molecule is CCC(C)(CC(C)(C)C(=O)OCCNC(=O)n1nc(C)cc1C)C(=O)OCOc1ccc(C(=O)Oc2ccc(/C=C/C(=O)OC)cc2OC)cc1. The van der Waals surface area contributed by atoms with E-state index in [4.69, 9.17) is 23.7 Å². The van der Waals surface area contributed by atoms with Gasteiger partial charge >= 0.3 is 29.9 Å². The molecular weight excluding hydrogens is 662 g/mol. The topological polar surface area (TPSA) is 171 Å². The third kappa shape index (κ3) is 11.2. The molecule has 0 aliphatic heterocycles. The number of carbonyl (C=O) groups excluding carboxylic acids is 5. The van der Waals surface area contributed by atoms with Gasteiger partial charge < -0.3 is 33.7 Å². The van der Waals surface area contributed by atoms with Gasteiger partial charge in [-0.05, 0) is 102 Å². The second kappa shape index (κ2) is 17.8. The van der Waals surface area contributed by atoms with Crippen molar-refractivity contribution in [1.82, 2.24) is 15.1 Å². The van der Waals surface area contributed by atoms with Gasteiger partial charge in [0, 0.05) is 11.8 Å². The zero-order valence-electron chi connectivity index (χ0n) is 30.2. The summed E-state index contributed by atoms with van der Waals surface area (Å²) in [5.74, 6) is -1.42. The summed E-state index contributed by atoms with van der Waals surface area (Å²) in [5.41, 5.74) is 0.197. The summed E-state index contributed by atoms with van der Waals surface area (Å²) >= 11 is 0. The van der Waals surface area contributed by atoms with Crippen molar-refractivity contribution in [1.29, 1.82) is 0 Å². The van der Waals surface area contributed by atoms with E-state index < -0.39 is 47.5 Å². The number of ether oxygens (including phenoxy) is 6. The largest absolute Gasteiger partial charge is 0.493 e. The van der Waals surface area contributed by atoms with E-state index in [1.54, 1.807) is 58.9 Å². The van der Waals surface area contributed by atoms with Crippen LogP contribution in [0, 0.1) is 24.7 Å². The van der Waals surface area contributed by atoms with Crippen LogP contribution in [0.25, 0.3) is 6.08 Å². The number of esters is 4. The van der Waals surface area contributed by atoms with Crippen LogP contribution in [0.5, 0.6) is 17.2 Å². The summed E-state index contributed by atoms with van der Waals surface area (Å²) < 4.78 is 33.1. The van der Waals surface area contributed by atoms with Crippen LogP contribution in [-0.4, -0.2) is 73.9 Å². The van der Waals surface area contributed by atoms with Crippen LogP contribution in [0.3, 0.4) is 0 Å². The lowest BCUT2D eigenvalue weighted by Gasteiger charge is -2.33. The highest BCUT2D eigenvalue weighted by molar-refractivity contribution is 5.91. The molecule has 0 spiro atoms. The van der Waals surface area contributed by atoms with Crippen LogP contribution >= 0.6 is 0 Å². The Labute approximate surface area is 297 Å². The second-order valence-electron chi connectivity index (χ2n) is 12.6. The molecule has 0 saturated heterocycles. The van der Waals surface area contributed by atoms with Crippen molar-refractivity contribution in [2.45, 2.75) is 54.4 Å². The van der Waals surface area contributed by atoms with Crippen molar-refractivity contribution in [3.05, 3.63) is 77.1 Å². The molecule has 1 N–H and O–H groups in total. The van der Waals surface area contributed by atoms with Crippen molar-refractivity contribution >= 4 is 36.0 Å². The molecular formula is C37H45N3O11. The van der Waals surface area contributed by atoms with Crippen LogP contribution < -0.4 is 19.5 Å². The fraction of sp³-hybridized carbons (Fsp3) is 0.405. The van der Waals surface area contributed by atoms with Crippen molar-refractivity contribution < 1.29 is 52.4 Å². The Bertz CT molecular complexity index is 1740. The fourth-order valence-corrected chi connectivity index (χ4v) is 5.07. The first-order valence-electron chi connectivity index (χ1n) is 16.2. The Balaban J connectivity index is 1.48. The molecule has 0 saturated carbocycles. The highest BCUT2D eigenvalue weighted by atomic mass is 16.7. The summed E-state index contributed by atoms with van der Waals surface area (Å²) in [6.45, 7) is 10.1. The minimum atomic E-state index is -1.04. The number of hydrogen-bond donors (Lipinski definition) is 1. The lowest BCUT2D eigenvalue weighted by Crippen LogP contribution is -2.40. The van der Waals surface area contributed by atoms with Gasteiger partial charge in [0.2, 0.25) is 6.79 Å². The number of methoxy groups -OCH3 is 2. The number of nitrogens with one attached hydrogen (secondary N) is 1. The molecule has 1 heterocycles. The maximum Gasteiger partial charge on any atom is 0.343 e. The van der Waals surface area contributed by atoms with Gasteiger partial charge in [0.15, 0.2) is 11.5 Å². The third-order valence-corrected chi connectivity index (χ3v) is 7.98. The number of carbonyl (C=O) groups is 5. The Morgan fingerprint density at radius 1 is 0.902 bits per heavy atom. The normalized spacial score (nSPS) is 12.4. The van der Waals surface area contributed by atoms with Crippen molar-refractivity contribution in [3.8, 4) is 17.2 Å². The maximum atomic E-state index is 13.2. The second-order valence-corrected chi connectivity index (χ2v) is 12.6. The van der Waals surface area contributed by atoms with Crippen molar-refractivity contribution in [2.24, 2.45) is 10.8 Å². The quantitative estimate of drug-likeness (QED) is 0.0501. The molecule has 14 heteroatoms. The Morgan fingerprint density at radius 2 is 1.61 bits per heavy atom. The summed E-state index contributed by atoms with van der Waals surface area (Å²) in [6, 6.07) is 12.2. The number of nitrogens with zero attached hydrogens (tertiary/aromatic N) is 2. The molecule has 3 aromatic rings. The highest BCUT2D eigenvalue weighted by Gasteiger charge is 2.43. The van der Waals surface area contributed by atoms with Gasteiger partial charge in [-0.15, -0.1) is 0 Å². The third-order valence-electron chi connectivity index (χ3n) is 7.98. The predicted molar refractivity (Wildman–Crippen MR) is 185 cm³/mol. The molecule has 0 aliphatic rings. The lowest BCUT2D eigenvalue weighted by atomic mass is 9.72. The molecule has 51 heavy (non-hydrogen) atoms. The molecule has 1 aromatic heterocycles. The van der Waals surface area contributed by atoms with Crippen LogP contribution in [0.15, 0.2) is 54.6 Å². The van der Waals surface area contributed by atoms with Gasteiger partial charge in [-0.25, -0.2) is 14.4 Å². The molecule has 1 unspecified atom stereocenters. The molecule has 274 valence electrons. The summed E-state index contributed by atoms with van der Waals surface area (Å²) in [4.78, 5) is 62.6. The van der Waals surface area contributed by atoms with Gasteiger partial charge in [-0.3, -0.25) is 9.59 Å². The number of amides is 1. The van der Waals surface area contributed by atoms with Gasteiger partial charge in [-0.1, -0.05) is 13.0 Å². The Kier molecular flexibility index (Phi) is 13.9. The Hall–Kier alpha value is -5.66. The van der Waals surface area contributed by atoms with Gasteiger partial charge in [0.25, 0.3) is 0 Å². The molecule has 0 aliphatic carbocycles. The van der Waals surface area contributed by atoms with Gasteiger partial charge in [0.05, 0.1) is 42.9 Å². The fourth-order valence-electron chi connectivity index (χ4n) is 5.07. The van der Waals surface area contributed by atoms with E-state index >= 15 is 0 Å². The number of rotatable bonds is 16. The average molecular weight is 708 g/mol. The first-order chi connectivity index (χ1) is 24.1. The predicted octanol–water partition coefficient (Wildman–Crippen LogP) is 5.43. The number of aromatic nitrogens is 2. The van der Waals surface area contributed by atoms with E-state index in [0.29, 0.717) is 29.1 Å². The number of aryl methyl sites for hydroxylation is 2. The molecule has 2 aromatic carbocycles. The summed E-state index contributed by atoms with van der Waals surface area (Å²) in [7, 11) is 2.70. The van der Waals surface area contributed by atoms with E-state index in [9.17, 15) is 24.0 Å². The minimum Gasteiger partial charge on any atom is -0.493 e. The molecule has 0 radical (unpaired) electrons. The van der Waals surface area contributed by atoms with Gasteiger partial charge in [0.1, 0.15) is 12.4 Å². The highest BCUT2D eigenvalue weighted by Crippen LogP contribution is 2.38. The van der Waals surface area contributed by atoms with Crippen LogP contribution in [0.4, 0.5) is 4.79 Å². The molecule has 1 amide bonds. The number of hydrogen-bond acceptors (Lipinski definition) is 12.